The van der Waals surface area contributed by atoms with Gasteiger partial charge in [-0.05, 0) is 42.3 Å². The summed E-state index contributed by atoms with van der Waals surface area (Å²) in [5.74, 6) is 1.42. The molecular formula is C16H15NO2. The van der Waals surface area contributed by atoms with Crippen LogP contribution in [0.3, 0.4) is 0 Å². The van der Waals surface area contributed by atoms with E-state index in [-0.39, 0.29) is 0 Å². The van der Waals surface area contributed by atoms with Crippen molar-refractivity contribution in [2.45, 2.75) is 13.5 Å². The van der Waals surface area contributed by atoms with Gasteiger partial charge < -0.3 is 9.47 Å². The fourth-order valence-corrected chi connectivity index (χ4v) is 1.79. The summed E-state index contributed by atoms with van der Waals surface area (Å²) < 4.78 is 11.0. The number of hydrogen-bond donors (Lipinski definition) is 0. The molecule has 2 aromatic rings. The third kappa shape index (κ3) is 3.26. The highest BCUT2D eigenvalue weighted by molar-refractivity contribution is 5.42. The Bertz CT molecular complexity index is 614. The van der Waals surface area contributed by atoms with E-state index in [0.29, 0.717) is 17.9 Å². The maximum absolute atomic E-state index is 8.85. The second-order valence-electron chi connectivity index (χ2n) is 4.26. The van der Waals surface area contributed by atoms with Crippen LogP contribution < -0.4 is 9.47 Å². The van der Waals surface area contributed by atoms with E-state index in [9.17, 15) is 0 Å². The van der Waals surface area contributed by atoms with Crippen LogP contribution in [0.5, 0.6) is 11.5 Å². The normalized spacial score (nSPS) is 9.74. The van der Waals surface area contributed by atoms with Gasteiger partial charge in [0.15, 0.2) is 11.5 Å². The van der Waals surface area contributed by atoms with Crippen LogP contribution in [0.2, 0.25) is 0 Å². The Morgan fingerprint density at radius 1 is 1.11 bits per heavy atom. The Labute approximate surface area is 113 Å². The standard InChI is InChI=1S/C16H15NO2/c1-12-6-7-15(16(8-12)18-2)19-11-14-5-3-4-13(9-14)10-17/h3-9H,11H2,1-2H3. The lowest BCUT2D eigenvalue weighted by atomic mass is 10.1. The molecule has 0 fully saturated rings. The number of rotatable bonds is 4. The summed E-state index contributed by atoms with van der Waals surface area (Å²) in [7, 11) is 1.62. The zero-order valence-electron chi connectivity index (χ0n) is 11.0. The summed E-state index contributed by atoms with van der Waals surface area (Å²) in [6.45, 7) is 2.41. The van der Waals surface area contributed by atoms with Crippen molar-refractivity contribution in [1.29, 1.82) is 5.26 Å². The lowest BCUT2D eigenvalue weighted by Gasteiger charge is -2.11. The molecule has 0 aliphatic carbocycles. The van der Waals surface area contributed by atoms with E-state index in [1.165, 1.54) is 0 Å². The smallest absolute Gasteiger partial charge is 0.161 e. The fourth-order valence-electron chi connectivity index (χ4n) is 1.79. The molecule has 3 heteroatoms. The van der Waals surface area contributed by atoms with Crippen molar-refractivity contribution in [3.05, 3.63) is 59.2 Å². The molecule has 0 aliphatic heterocycles. The number of nitriles is 1. The highest BCUT2D eigenvalue weighted by atomic mass is 16.5. The average Bonchev–Trinajstić information content (AvgIpc) is 2.46. The van der Waals surface area contributed by atoms with Crippen molar-refractivity contribution in [2.75, 3.05) is 7.11 Å². The molecule has 0 saturated carbocycles. The van der Waals surface area contributed by atoms with Gasteiger partial charge in [-0.2, -0.15) is 5.26 Å². The molecule has 0 unspecified atom stereocenters. The van der Waals surface area contributed by atoms with Gasteiger partial charge >= 0.3 is 0 Å². The van der Waals surface area contributed by atoms with E-state index in [4.69, 9.17) is 14.7 Å². The van der Waals surface area contributed by atoms with Gasteiger partial charge in [0.05, 0.1) is 18.7 Å². The van der Waals surface area contributed by atoms with Gasteiger partial charge in [-0.3, -0.25) is 0 Å². The Hall–Kier alpha value is -2.47. The van der Waals surface area contributed by atoms with Crippen LogP contribution in [0.4, 0.5) is 0 Å². The molecule has 0 saturated heterocycles. The Kier molecular flexibility index (Phi) is 4.04. The Morgan fingerprint density at radius 2 is 1.95 bits per heavy atom. The summed E-state index contributed by atoms with van der Waals surface area (Å²) in [5, 5.41) is 8.85. The summed E-state index contributed by atoms with van der Waals surface area (Å²) in [6, 6.07) is 15.3. The van der Waals surface area contributed by atoms with Gasteiger partial charge in [-0.1, -0.05) is 18.2 Å². The zero-order chi connectivity index (χ0) is 13.7. The third-order valence-corrected chi connectivity index (χ3v) is 2.77. The van der Waals surface area contributed by atoms with Crippen molar-refractivity contribution in [3.63, 3.8) is 0 Å². The van der Waals surface area contributed by atoms with Crippen molar-refractivity contribution < 1.29 is 9.47 Å². The summed E-state index contributed by atoms with van der Waals surface area (Å²) in [6.07, 6.45) is 0. The average molecular weight is 253 g/mol. The van der Waals surface area contributed by atoms with Gasteiger partial charge in [0.25, 0.3) is 0 Å². The summed E-state index contributed by atoms with van der Waals surface area (Å²) in [5.41, 5.74) is 2.72. The van der Waals surface area contributed by atoms with E-state index in [2.05, 4.69) is 6.07 Å². The highest BCUT2D eigenvalue weighted by Gasteiger charge is 2.05. The Morgan fingerprint density at radius 3 is 2.68 bits per heavy atom. The molecule has 3 nitrogen and oxygen atoms in total. The van der Waals surface area contributed by atoms with Crippen LogP contribution in [-0.4, -0.2) is 7.11 Å². The fraction of sp³-hybridized carbons (Fsp3) is 0.188. The first-order valence-corrected chi connectivity index (χ1v) is 5.99. The number of aryl methyl sites for hydroxylation is 1. The van der Waals surface area contributed by atoms with Crippen LogP contribution in [0.1, 0.15) is 16.7 Å². The number of benzene rings is 2. The monoisotopic (exact) mass is 253 g/mol. The molecule has 2 aromatic carbocycles. The molecule has 0 aromatic heterocycles. The molecule has 0 heterocycles. The zero-order valence-corrected chi connectivity index (χ0v) is 11.0. The van der Waals surface area contributed by atoms with E-state index in [0.717, 1.165) is 16.9 Å². The number of methoxy groups -OCH3 is 1. The predicted octanol–water partition coefficient (Wildman–Crippen LogP) is 3.45. The number of ether oxygens (including phenoxy) is 2. The van der Waals surface area contributed by atoms with Crippen molar-refractivity contribution >= 4 is 0 Å². The Balaban J connectivity index is 2.12. The van der Waals surface area contributed by atoms with Gasteiger partial charge in [0, 0.05) is 0 Å². The molecular weight excluding hydrogens is 238 g/mol. The maximum atomic E-state index is 8.85. The van der Waals surface area contributed by atoms with Crippen molar-refractivity contribution in [1.82, 2.24) is 0 Å². The van der Waals surface area contributed by atoms with Crippen molar-refractivity contribution in [3.8, 4) is 17.6 Å². The molecule has 0 bridgehead atoms. The van der Waals surface area contributed by atoms with Crippen LogP contribution in [0.15, 0.2) is 42.5 Å². The second kappa shape index (κ2) is 5.92. The predicted molar refractivity (Wildman–Crippen MR) is 73.2 cm³/mol. The molecule has 0 atom stereocenters. The molecule has 2 rings (SSSR count). The van der Waals surface area contributed by atoms with E-state index in [1.54, 1.807) is 13.2 Å². The maximum Gasteiger partial charge on any atom is 0.161 e. The van der Waals surface area contributed by atoms with Crippen LogP contribution in [-0.2, 0) is 6.61 Å². The van der Waals surface area contributed by atoms with E-state index < -0.39 is 0 Å². The minimum absolute atomic E-state index is 0.412. The van der Waals surface area contributed by atoms with Crippen LogP contribution >= 0.6 is 0 Å². The molecule has 0 aliphatic rings. The third-order valence-electron chi connectivity index (χ3n) is 2.77. The molecule has 19 heavy (non-hydrogen) atoms. The van der Waals surface area contributed by atoms with Gasteiger partial charge in [-0.15, -0.1) is 0 Å². The minimum Gasteiger partial charge on any atom is -0.493 e. The second-order valence-corrected chi connectivity index (χ2v) is 4.26. The molecule has 0 N–H and O–H groups in total. The van der Waals surface area contributed by atoms with Crippen molar-refractivity contribution in [2.24, 2.45) is 0 Å². The lowest BCUT2D eigenvalue weighted by Crippen LogP contribution is -1.98. The summed E-state index contributed by atoms with van der Waals surface area (Å²) >= 11 is 0. The van der Waals surface area contributed by atoms with Crippen LogP contribution in [0, 0.1) is 18.3 Å². The SMILES string of the molecule is COc1cc(C)ccc1OCc1cccc(C#N)c1. The molecule has 96 valence electrons. The molecule has 0 radical (unpaired) electrons. The van der Waals surface area contributed by atoms with E-state index in [1.807, 2.05) is 43.3 Å². The van der Waals surface area contributed by atoms with E-state index >= 15 is 0 Å². The lowest BCUT2D eigenvalue weighted by molar-refractivity contribution is 0.284. The van der Waals surface area contributed by atoms with Gasteiger partial charge in [0.2, 0.25) is 0 Å². The first kappa shape index (κ1) is 13.0. The first-order valence-electron chi connectivity index (χ1n) is 5.99. The molecule has 0 amide bonds. The van der Waals surface area contributed by atoms with Gasteiger partial charge in [0.1, 0.15) is 6.61 Å². The largest absolute Gasteiger partial charge is 0.493 e. The summed E-state index contributed by atoms with van der Waals surface area (Å²) in [4.78, 5) is 0. The topological polar surface area (TPSA) is 42.2 Å². The quantitative estimate of drug-likeness (QED) is 0.838. The number of nitrogens with zero attached hydrogens (tertiary/aromatic N) is 1. The number of hydrogen-bond acceptors (Lipinski definition) is 3. The molecule has 0 spiro atoms. The highest BCUT2D eigenvalue weighted by Crippen LogP contribution is 2.28. The van der Waals surface area contributed by atoms with Gasteiger partial charge in [-0.25, -0.2) is 0 Å². The minimum atomic E-state index is 0.412. The first-order chi connectivity index (χ1) is 9.22. The van der Waals surface area contributed by atoms with Crippen LogP contribution in [0.25, 0.3) is 0 Å².